The molecule has 0 saturated carbocycles. The van der Waals surface area contributed by atoms with Crippen molar-refractivity contribution in [3.63, 3.8) is 0 Å². The molecule has 29 heavy (non-hydrogen) atoms. The first-order valence-corrected chi connectivity index (χ1v) is 10.0. The van der Waals surface area contributed by atoms with E-state index in [0.717, 1.165) is 29.7 Å². The van der Waals surface area contributed by atoms with Crippen LogP contribution in [-0.4, -0.2) is 18.4 Å². The Kier molecular flexibility index (Phi) is 5.62. The quantitative estimate of drug-likeness (QED) is 0.614. The summed E-state index contributed by atoms with van der Waals surface area (Å²) in [7, 11) is 0. The van der Waals surface area contributed by atoms with Crippen LogP contribution in [0.1, 0.15) is 33.0 Å². The summed E-state index contributed by atoms with van der Waals surface area (Å²) in [5, 5.41) is 6.17. The van der Waals surface area contributed by atoms with Gasteiger partial charge in [0.05, 0.1) is 18.4 Å². The topological polar surface area (TPSA) is 80.6 Å². The molecule has 1 aliphatic carbocycles. The summed E-state index contributed by atoms with van der Waals surface area (Å²) in [5.74, 6) is 0.0557. The summed E-state index contributed by atoms with van der Waals surface area (Å²) >= 11 is 1.43. The second kappa shape index (κ2) is 8.48. The molecular formula is C21H19FN2O4S. The zero-order chi connectivity index (χ0) is 20.2. The smallest absolute Gasteiger partial charge is 0.262 e. The third-order valence-corrected chi connectivity index (χ3v) is 5.80. The van der Waals surface area contributed by atoms with Crippen molar-refractivity contribution in [1.82, 2.24) is 5.32 Å². The van der Waals surface area contributed by atoms with Gasteiger partial charge in [-0.2, -0.15) is 0 Å². The molecule has 0 bridgehead atoms. The number of ether oxygens (including phenoxy) is 1. The average Bonchev–Trinajstić information content (AvgIpc) is 3.43. The van der Waals surface area contributed by atoms with Gasteiger partial charge in [0, 0.05) is 4.88 Å². The minimum absolute atomic E-state index is 0.234. The van der Waals surface area contributed by atoms with Gasteiger partial charge in [-0.15, -0.1) is 11.3 Å². The van der Waals surface area contributed by atoms with Crippen molar-refractivity contribution in [2.75, 3.05) is 11.9 Å². The Morgan fingerprint density at radius 3 is 2.76 bits per heavy atom. The predicted molar refractivity (Wildman–Crippen MR) is 107 cm³/mol. The van der Waals surface area contributed by atoms with Crippen LogP contribution in [0.5, 0.6) is 5.75 Å². The van der Waals surface area contributed by atoms with E-state index in [1.54, 1.807) is 18.4 Å². The van der Waals surface area contributed by atoms with E-state index in [1.165, 1.54) is 35.6 Å². The molecule has 2 N–H and O–H groups in total. The highest BCUT2D eigenvalue weighted by Crippen LogP contribution is 2.39. The molecule has 6 nitrogen and oxygen atoms in total. The van der Waals surface area contributed by atoms with E-state index in [4.69, 9.17) is 9.15 Å². The minimum atomic E-state index is -0.380. The number of halogens is 1. The second-order valence-electron chi connectivity index (χ2n) is 6.61. The summed E-state index contributed by atoms with van der Waals surface area (Å²) < 4.78 is 23.6. The number of nitrogens with one attached hydrogen (secondary N) is 2. The van der Waals surface area contributed by atoms with Crippen LogP contribution in [0.2, 0.25) is 0 Å². The van der Waals surface area contributed by atoms with E-state index in [2.05, 4.69) is 10.6 Å². The fraction of sp³-hybridized carbons (Fsp3) is 0.238. The van der Waals surface area contributed by atoms with Gasteiger partial charge < -0.3 is 19.8 Å². The van der Waals surface area contributed by atoms with E-state index in [9.17, 15) is 14.0 Å². The van der Waals surface area contributed by atoms with Gasteiger partial charge in [0.15, 0.2) is 6.61 Å². The summed E-state index contributed by atoms with van der Waals surface area (Å²) in [6, 6.07) is 8.98. The zero-order valence-electron chi connectivity index (χ0n) is 15.5. The number of fused-ring (bicyclic) bond motifs is 1. The molecule has 1 aliphatic rings. The van der Waals surface area contributed by atoms with Gasteiger partial charge in [-0.05, 0) is 61.2 Å². The number of furan rings is 1. The largest absolute Gasteiger partial charge is 0.484 e. The molecule has 150 valence electrons. The Balaban J connectivity index is 1.43. The SMILES string of the molecule is O=C(COc1ccc(F)cc1)Nc1sc2c(c1C(=O)NCc1ccco1)CCC2. The van der Waals surface area contributed by atoms with Crippen LogP contribution in [-0.2, 0) is 24.2 Å². The van der Waals surface area contributed by atoms with Crippen LogP contribution in [0.4, 0.5) is 9.39 Å². The Labute approximate surface area is 170 Å². The van der Waals surface area contributed by atoms with E-state index in [0.29, 0.717) is 22.1 Å². The first-order valence-electron chi connectivity index (χ1n) is 9.23. The van der Waals surface area contributed by atoms with Gasteiger partial charge in [0.1, 0.15) is 22.3 Å². The number of carbonyl (C=O) groups excluding carboxylic acids is 2. The average molecular weight is 414 g/mol. The molecule has 0 spiro atoms. The summed E-state index contributed by atoms with van der Waals surface area (Å²) in [5.41, 5.74) is 1.52. The first-order chi connectivity index (χ1) is 14.1. The number of hydrogen-bond donors (Lipinski definition) is 2. The van der Waals surface area contributed by atoms with Crippen molar-refractivity contribution in [1.29, 1.82) is 0 Å². The Hall–Kier alpha value is -3.13. The molecule has 2 heterocycles. The highest BCUT2D eigenvalue weighted by Gasteiger charge is 2.27. The maximum absolute atomic E-state index is 12.9. The monoisotopic (exact) mass is 414 g/mol. The number of aryl methyl sites for hydroxylation is 1. The molecule has 0 atom stereocenters. The van der Waals surface area contributed by atoms with E-state index in [-0.39, 0.29) is 30.8 Å². The van der Waals surface area contributed by atoms with Crippen molar-refractivity contribution in [3.8, 4) is 5.75 Å². The first kappa shape index (κ1) is 19.2. The van der Waals surface area contributed by atoms with Crippen molar-refractivity contribution < 1.29 is 23.1 Å². The zero-order valence-corrected chi connectivity index (χ0v) is 16.3. The van der Waals surface area contributed by atoms with Crippen LogP contribution in [0.15, 0.2) is 47.1 Å². The Morgan fingerprint density at radius 1 is 1.17 bits per heavy atom. The standard InChI is InChI=1S/C21H19FN2O4S/c22-13-6-8-14(9-7-13)28-12-18(25)24-21-19(16-4-1-5-17(16)29-21)20(26)23-11-15-3-2-10-27-15/h2-3,6-10H,1,4-5,11-12H2,(H,23,26)(H,24,25). The van der Waals surface area contributed by atoms with Gasteiger partial charge in [-0.25, -0.2) is 4.39 Å². The Morgan fingerprint density at radius 2 is 2.00 bits per heavy atom. The fourth-order valence-corrected chi connectivity index (χ4v) is 4.55. The minimum Gasteiger partial charge on any atom is -0.484 e. The lowest BCUT2D eigenvalue weighted by Gasteiger charge is -2.10. The number of benzene rings is 1. The van der Waals surface area contributed by atoms with Crippen LogP contribution in [0.3, 0.4) is 0 Å². The summed E-state index contributed by atoms with van der Waals surface area (Å²) in [6.07, 6.45) is 4.27. The number of anilines is 1. The highest BCUT2D eigenvalue weighted by atomic mass is 32.1. The fourth-order valence-electron chi connectivity index (χ4n) is 3.24. The molecule has 0 saturated heterocycles. The maximum Gasteiger partial charge on any atom is 0.262 e. The van der Waals surface area contributed by atoms with Crippen molar-refractivity contribution in [3.05, 3.63) is 70.2 Å². The van der Waals surface area contributed by atoms with Gasteiger partial charge in [-0.3, -0.25) is 9.59 Å². The molecule has 0 unspecified atom stereocenters. The van der Waals surface area contributed by atoms with Gasteiger partial charge in [0.25, 0.3) is 11.8 Å². The third-order valence-electron chi connectivity index (χ3n) is 4.59. The predicted octanol–water partition coefficient (Wildman–Crippen LogP) is 3.92. The molecule has 0 radical (unpaired) electrons. The van der Waals surface area contributed by atoms with E-state index in [1.807, 2.05) is 0 Å². The molecule has 0 fully saturated rings. The number of hydrogen-bond acceptors (Lipinski definition) is 5. The van der Waals surface area contributed by atoms with Gasteiger partial charge >= 0.3 is 0 Å². The third kappa shape index (κ3) is 4.48. The lowest BCUT2D eigenvalue weighted by atomic mass is 10.1. The molecule has 2 amide bonds. The van der Waals surface area contributed by atoms with Gasteiger partial charge in [0.2, 0.25) is 0 Å². The molecule has 1 aromatic carbocycles. The number of amides is 2. The van der Waals surface area contributed by atoms with E-state index >= 15 is 0 Å². The lowest BCUT2D eigenvalue weighted by Crippen LogP contribution is -2.26. The molecular weight excluding hydrogens is 395 g/mol. The molecule has 0 aliphatic heterocycles. The highest BCUT2D eigenvalue weighted by molar-refractivity contribution is 7.17. The summed E-state index contributed by atoms with van der Waals surface area (Å²) in [4.78, 5) is 26.3. The number of thiophene rings is 1. The van der Waals surface area contributed by atoms with Crippen LogP contribution < -0.4 is 15.4 Å². The van der Waals surface area contributed by atoms with E-state index < -0.39 is 0 Å². The molecule has 4 rings (SSSR count). The van der Waals surface area contributed by atoms with Crippen LogP contribution in [0, 0.1) is 5.82 Å². The normalized spacial score (nSPS) is 12.4. The lowest BCUT2D eigenvalue weighted by molar-refractivity contribution is -0.118. The van der Waals surface area contributed by atoms with Crippen molar-refractivity contribution in [2.45, 2.75) is 25.8 Å². The van der Waals surface area contributed by atoms with Gasteiger partial charge in [-0.1, -0.05) is 0 Å². The molecule has 3 aromatic rings. The maximum atomic E-state index is 12.9. The van der Waals surface area contributed by atoms with Crippen LogP contribution in [0.25, 0.3) is 0 Å². The number of rotatable bonds is 7. The van der Waals surface area contributed by atoms with Crippen LogP contribution >= 0.6 is 11.3 Å². The van der Waals surface area contributed by atoms with Crippen molar-refractivity contribution >= 4 is 28.2 Å². The number of carbonyl (C=O) groups is 2. The molecule has 8 heteroatoms. The second-order valence-corrected chi connectivity index (χ2v) is 7.72. The van der Waals surface area contributed by atoms with Crippen molar-refractivity contribution in [2.24, 2.45) is 0 Å². The summed E-state index contributed by atoms with van der Waals surface area (Å²) in [6.45, 7) is 0.0408. The molecule has 2 aromatic heterocycles. The Bertz CT molecular complexity index is 1010.